The highest BCUT2D eigenvalue weighted by Gasteiger charge is 2.28. The van der Waals surface area contributed by atoms with Gasteiger partial charge in [-0.2, -0.15) is 0 Å². The highest BCUT2D eigenvalue weighted by atomic mass is 35.5. The fourth-order valence-corrected chi connectivity index (χ4v) is 5.21. The van der Waals surface area contributed by atoms with Crippen LogP contribution in [0, 0.1) is 12.3 Å². The molecule has 1 aromatic carbocycles. The van der Waals surface area contributed by atoms with E-state index >= 15 is 0 Å². The van der Waals surface area contributed by atoms with Gasteiger partial charge in [0.05, 0.1) is 11.6 Å². The number of halogens is 2. The molecule has 0 bridgehead atoms. The van der Waals surface area contributed by atoms with Crippen LogP contribution in [0.1, 0.15) is 67.5 Å². The highest BCUT2D eigenvalue weighted by molar-refractivity contribution is 5.97. The summed E-state index contributed by atoms with van der Waals surface area (Å²) in [4.78, 5) is 22.5. The number of benzene rings is 1. The number of carbonyl (C=O) groups excluding carboxylic acids is 1. The Labute approximate surface area is 231 Å². The lowest BCUT2D eigenvalue weighted by Crippen LogP contribution is -2.49. The molecule has 2 aromatic rings. The quantitative estimate of drug-likeness (QED) is 0.281. The molecule has 1 aromatic heterocycles. The second-order valence-electron chi connectivity index (χ2n) is 9.80. The van der Waals surface area contributed by atoms with Gasteiger partial charge in [0.1, 0.15) is 18.3 Å². The third kappa shape index (κ3) is 8.14. The second-order valence-corrected chi connectivity index (χ2v) is 9.80. The Kier molecular flexibility index (Phi) is 12.3. The van der Waals surface area contributed by atoms with Gasteiger partial charge >= 0.3 is 0 Å². The second kappa shape index (κ2) is 14.7. The van der Waals surface area contributed by atoms with Crippen molar-refractivity contribution in [3.05, 3.63) is 29.6 Å². The minimum absolute atomic E-state index is 0. The molecule has 0 aliphatic heterocycles. The number of carbonyl (C=O) groups is 1. The van der Waals surface area contributed by atoms with Crippen molar-refractivity contribution in [3.8, 4) is 0 Å². The fraction of sp³-hybridized carbons (Fsp3) is 0.615. The predicted molar refractivity (Wildman–Crippen MR) is 152 cm³/mol. The summed E-state index contributed by atoms with van der Waals surface area (Å²) in [5.74, 6) is 0.989. The van der Waals surface area contributed by atoms with Crippen molar-refractivity contribution >= 4 is 53.3 Å². The number of amidine groups is 1. The van der Waals surface area contributed by atoms with Gasteiger partial charge in [-0.3, -0.25) is 10.2 Å². The van der Waals surface area contributed by atoms with Gasteiger partial charge < -0.3 is 25.4 Å². The van der Waals surface area contributed by atoms with E-state index in [0.29, 0.717) is 11.7 Å². The zero-order chi connectivity index (χ0) is 24.8. The van der Waals surface area contributed by atoms with Crippen LogP contribution in [0.15, 0.2) is 18.2 Å². The number of hydrogen-bond acceptors (Lipinski definition) is 7. The molecular weight excluding hydrogens is 515 g/mol. The lowest BCUT2D eigenvalue weighted by atomic mass is 9.90. The van der Waals surface area contributed by atoms with Crippen LogP contribution < -0.4 is 16.0 Å². The number of hydrogen-bond donors (Lipinski definition) is 4. The first-order valence-electron chi connectivity index (χ1n) is 12.7. The van der Waals surface area contributed by atoms with Gasteiger partial charge in [-0.25, -0.2) is 9.97 Å². The van der Waals surface area contributed by atoms with Crippen LogP contribution in [-0.4, -0.2) is 66.8 Å². The number of fused-ring (bicyclic) bond motifs is 1. The molecule has 0 saturated heterocycles. The molecule has 11 heteroatoms. The van der Waals surface area contributed by atoms with Crippen molar-refractivity contribution in [1.29, 1.82) is 5.41 Å². The van der Waals surface area contributed by atoms with Gasteiger partial charge in [-0.1, -0.05) is 24.5 Å². The zero-order valence-electron chi connectivity index (χ0n) is 21.8. The Morgan fingerprint density at radius 2 is 1.70 bits per heavy atom. The summed E-state index contributed by atoms with van der Waals surface area (Å²) in [6.07, 6.45) is 8.09. The molecule has 0 unspecified atom stereocenters. The normalized spacial score (nSPS) is 23.3. The SMILES string of the molecule is COCC(=N)N[C@@H]1CCCC[C@@H]1Nc1nc(C(=O)NC2CCC(OC)CC2)nc2ccc(C)cc12.Cl.Cl. The number of rotatable bonds is 8. The van der Waals surface area contributed by atoms with Crippen molar-refractivity contribution in [2.45, 2.75) is 82.5 Å². The van der Waals surface area contributed by atoms with Gasteiger partial charge in [0, 0.05) is 37.7 Å². The first-order chi connectivity index (χ1) is 17.0. The lowest BCUT2D eigenvalue weighted by molar-refractivity contribution is 0.0597. The fourth-order valence-electron chi connectivity index (χ4n) is 5.21. The number of methoxy groups -OCH3 is 2. The minimum atomic E-state index is -0.239. The molecule has 0 radical (unpaired) electrons. The van der Waals surface area contributed by atoms with E-state index in [-0.39, 0.29) is 67.4 Å². The average molecular weight is 556 g/mol. The van der Waals surface area contributed by atoms with E-state index < -0.39 is 0 Å². The maximum absolute atomic E-state index is 13.2. The predicted octanol–water partition coefficient (Wildman–Crippen LogP) is 4.41. The molecule has 0 spiro atoms. The summed E-state index contributed by atoms with van der Waals surface area (Å²) < 4.78 is 10.6. The maximum atomic E-state index is 13.2. The van der Waals surface area contributed by atoms with Crippen molar-refractivity contribution in [2.24, 2.45) is 0 Å². The van der Waals surface area contributed by atoms with Crippen LogP contribution in [0.2, 0.25) is 0 Å². The molecular formula is C26H40Cl2N6O3. The molecule has 9 nitrogen and oxygen atoms in total. The molecule has 4 N–H and O–H groups in total. The van der Waals surface area contributed by atoms with Crippen LogP contribution in [0.5, 0.6) is 0 Å². The van der Waals surface area contributed by atoms with E-state index in [4.69, 9.17) is 19.9 Å². The van der Waals surface area contributed by atoms with Crippen LogP contribution in [0.3, 0.4) is 0 Å². The molecule has 2 aliphatic rings. The standard InChI is InChI=1S/C26H38N6O3.2ClH/c1-16-8-13-20-19(14-16)24(31-22-7-5-4-6-21(22)29-23(27)15-34-2)32-25(30-20)26(33)28-17-9-11-18(35-3)12-10-17;;/h8,13-14,17-18,21-22H,4-7,9-12,15H2,1-3H3,(H2,27,29)(H,28,33)(H,30,31,32);2*1H/t17?,18?,21-,22+;;/m1../s1. The Morgan fingerprint density at radius 3 is 2.38 bits per heavy atom. The van der Waals surface area contributed by atoms with Crippen molar-refractivity contribution in [2.75, 3.05) is 26.1 Å². The topological polar surface area (TPSA) is 121 Å². The van der Waals surface area contributed by atoms with Crippen molar-refractivity contribution < 1.29 is 14.3 Å². The summed E-state index contributed by atoms with van der Waals surface area (Å²) in [6.45, 7) is 2.30. The molecule has 2 fully saturated rings. The first-order valence-corrected chi connectivity index (χ1v) is 12.7. The Balaban J connectivity index is 0.00000241. The number of aryl methyl sites for hydroxylation is 1. The number of amides is 1. The number of aromatic nitrogens is 2. The van der Waals surface area contributed by atoms with Gasteiger partial charge in [-0.15, -0.1) is 24.8 Å². The summed E-state index contributed by atoms with van der Waals surface area (Å²) in [7, 11) is 3.34. The number of nitrogens with one attached hydrogen (secondary N) is 4. The molecule has 2 aliphatic carbocycles. The largest absolute Gasteiger partial charge is 0.381 e. The first kappa shape index (κ1) is 31.0. The smallest absolute Gasteiger partial charge is 0.289 e. The van der Waals surface area contributed by atoms with Gasteiger partial charge in [0.15, 0.2) is 0 Å². The monoisotopic (exact) mass is 554 g/mol. The van der Waals surface area contributed by atoms with Gasteiger partial charge in [0.2, 0.25) is 5.82 Å². The number of ether oxygens (including phenoxy) is 2. The van der Waals surface area contributed by atoms with E-state index in [9.17, 15) is 4.79 Å². The molecule has 1 amide bonds. The zero-order valence-corrected chi connectivity index (χ0v) is 23.5. The van der Waals surface area contributed by atoms with Crippen LogP contribution >= 0.6 is 24.8 Å². The Bertz CT molecular complexity index is 1050. The van der Waals surface area contributed by atoms with E-state index in [1.54, 1.807) is 14.2 Å². The van der Waals surface area contributed by atoms with E-state index in [0.717, 1.165) is 67.8 Å². The lowest BCUT2D eigenvalue weighted by Gasteiger charge is -2.34. The average Bonchev–Trinajstić information content (AvgIpc) is 2.86. The van der Waals surface area contributed by atoms with Gasteiger partial charge in [0.25, 0.3) is 5.91 Å². The van der Waals surface area contributed by atoms with Crippen molar-refractivity contribution in [1.82, 2.24) is 20.6 Å². The molecule has 2 saturated carbocycles. The summed E-state index contributed by atoms with van der Waals surface area (Å²) >= 11 is 0. The van der Waals surface area contributed by atoms with Crippen LogP contribution in [-0.2, 0) is 9.47 Å². The maximum Gasteiger partial charge on any atom is 0.289 e. The molecule has 206 valence electrons. The van der Waals surface area contributed by atoms with Crippen molar-refractivity contribution in [3.63, 3.8) is 0 Å². The summed E-state index contributed by atoms with van der Waals surface area (Å²) in [6, 6.07) is 6.30. The number of nitrogens with zero attached hydrogens (tertiary/aromatic N) is 2. The van der Waals surface area contributed by atoms with E-state index in [1.807, 2.05) is 19.1 Å². The molecule has 1 heterocycles. The highest BCUT2D eigenvalue weighted by Crippen LogP contribution is 2.27. The molecule has 4 rings (SSSR count). The van der Waals surface area contributed by atoms with Crippen LogP contribution in [0.4, 0.5) is 5.82 Å². The Hall–Kier alpha value is -2.20. The summed E-state index contributed by atoms with van der Waals surface area (Å²) in [5, 5.41) is 19.1. The van der Waals surface area contributed by atoms with Crippen LogP contribution in [0.25, 0.3) is 10.9 Å². The third-order valence-electron chi connectivity index (χ3n) is 7.13. The molecule has 2 atom stereocenters. The van der Waals surface area contributed by atoms with Gasteiger partial charge in [-0.05, 0) is 57.6 Å². The summed E-state index contributed by atoms with van der Waals surface area (Å²) in [5.41, 5.74) is 1.85. The Morgan fingerprint density at radius 1 is 1.00 bits per heavy atom. The third-order valence-corrected chi connectivity index (χ3v) is 7.13. The van der Waals surface area contributed by atoms with E-state index in [2.05, 4.69) is 27.0 Å². The van der Waals surface area contributed by atoms with E-state index in [1.165, 1.54) is 0 Å². The minimum Gasteiger partial charge on any atom is -0.381 e. The molecule has 37 heavy (non-hydrogen) atoms. The number of anilines is 1.